The first kappa shape index (κ1) is 24.0. The molecule has 8 heteroatoms. The molecule has 8 nitrogen and oxygen atoms in total. The van der Waals surface area contributed by atoms with Crippen LogP contribution in [-0.4, -0.2) is 45.7 Å². The minimum atomic E-state index is -0.466. The van der Waals surface area contributed by atoms with Gasteiger partial charge in [-0.15, -0.1) is 0 Å². The Balaban J connectivity index is 1.25. The molecule has 1 aromatic heterocycles. The van der Waals surface area contributed by atoms with Gasteiger partial charge in [0.25, 0.3) is 0 Å². The first-order valence-electron chi connectivity index (χ1n) is 12.2. The van der Waals surface area contributed by atoms with Crippen molar-refractivity contribution in [3.8, 4) is 22.5 Å². The number of likely N-dealkylation sites (tertiary alicyclic amines) is 1. The summed E-state index contributed by atoms with van der Waals surface area (Å²) in [5.74, 6) is -0.196. The second-order valence-electron chi connectivity index (χ2n) is 8.94. The molecule has 3 N–H and O–H groups in total. The molecule has 0 aliphatic carbocycles. The van der Waals surface area contributed by atoms with E-state index in [4.69, 9.17) is 0 Å². The number of anilines is 2. The van der Waals surface area contributed by atoms with Crippen molar-refractivity contribution in [2.75, 3.05) is 17.2 Å². The summed E-state index contributed by atoms with van der Waals surface area (Å²) >= 11 is 0. The highest BCUT2D eigenvalue weighted by Crippen LogP contribution is 2.30. The number of aromatic nitrogens is 2. The summed E-state index contributed by atoms with van der Waals surface area (Å²) in [6.07, 6.45) is 4.04. The van der Waals surface area contributed by atoms with Gasteiger partial charge in [-0.05, 0) is 42.7 Å². The molecule has 5 rings (SSSR count). The van der Waals surface area contributed by atoms with Gasteiger partial charge in [-0.25, -0.2) is 4.98 Å². The molecular weight excluding hydrogens is 466 g/mol. The minimum Gasteiger partial charge on any atom is -0.344 e. The van der Waals surface area contributed by atoms with Crippen LogP contribution in [0.2, 0.25) is 0 Å². The number of hydrogen-bond donors (Lipinski definition) is 3. The Morgan fingerprint density at radius 1 is 0.946 bits per heavy atom. The van der Waals surface area contributed by atoms with Crippen molar-refractivity contribution in [1.29, 1.82) is 0 Å². The summed E-state index contributed by atoms with van der Waals surface area (Å²) in [6, 6.07) is 24.1. The van der Waals surface area contributed by atoms with Crippen LogP contribution in [0.3, 0.4) is 0 Å². The normalized spacial score (nSPS) is 14.8. The molecule has 3 amide bonds. The van der Waals surface area contributed by atoms with Crippen molar-refractivity contribution in [2.24, 2.45) is 0 Å². The van der Waals surface area contributed by atoms with Gasteiger partial charge in [0.05, 0.1) is 24.1 Å². The summed E-state index contributed by atoms with van der Waals surface area (Å²) < 4.78 is 0. The molecule has 0 saturated carbocycles. The molecule has 1 aliphatic rings. The molecule has 37 heavy (non-hydrogen) atoms. The Morgan fingerprint density at radius 2 is 1.65 bits per heavy atom. The van der Waals surface area contributed by atoms with Crippen LogP contribution in [0, 0.1) is 0 Å². The Bertz CT molecular complexity index is 1380. The number of carbonyl (C=O) groups excluding carboxylic acids is 3. The Morgan fingerprint density at radius 3 is 2.38 bits per heavy atom. The highest BCUT2D eigenvalue weighted by molar-refractivity contribution is 5.98. The van der Waals surface area contributed by atoms with Gasteiger partial charge in [-0.1, -0.05) is 54.6 Å². The Hall–Kier alpha value is -4.72. The lowest BCUT2D eigenvalue weighted by Gasteiger charge is -2.24. The maximum atomic E-state index is 13.1. The number of imidazole rings is 1. The molecule has 2 heterocycles. The molecule has 0 unspecified atom stereocenters. The lowest BCUT2D eigenvalue weighted by molar-refractivity contribution is -0.136. The highest BCUT2D eigenvalue weighted by Gasteiger charge is 2.33. The average molecular weight is 494 g/mol. The SMILES string of the molecule is O=CNc1ccc(-c2nc[nH]c2-c2ccc(NC(=O)[C@@H]3CCCN3C(=O)Cc3ccccc3)cc2)cc1. The smallest absolute Gasteiger partial charge is 0.247 e. The number of nitrogens with one attached hydrogen (secondary N) is 3. The fourth-order valence-electron chi connectivity index (χ4n) is 4.68. The summed E-state index contributed by atoms with van der Waals surface area (Å²) in [5, 5.41) is 5.60. The van der Waals surface area contributed by atoms with Gasteiger partial charge < -0.3 is 20.5 Å². The van der Waals surface area contributed by atoms with E-state index in [1.165, 1.54) is 0 Å². The molecule has 0 spiro atoms. The summed E-state index contributed by atoms with van der Waals surface area (Å²) in [5.41, 5.74) is 5.78. The highest BCUT2D eigenvalue weighted by atomic mass is 16.2. The molecular formula is C29H27N5O3. The lowest BCUT2D eigenvalue weighted by atomic mass is 10.0. The van der Waals surface area contributed by atoms with Crippen LogP contribution in [-0.2, 0) is 20.8 Å². The third-order valence-electron chi connectivity index (χ3n) is 6.54. The van der Waals surface area contributed by atoms with Crippen LogP contribution in [0.15, 0.2) is 85.2 Å². The topological polar surface area (TPSA) is 107 Å². The van der Waals surface area contributed by atoms with E-state index in [0.29, 0.717) is 37.2 Å². The van der Waals surface area contributed by atoms with E-state index in [1.807, 2.05) is 78.9 Å². The summed E-state index contributed by atoms with van der Waals surface area (Å²) in [6.45, 7) is 0.595. The van der Waals surface area contributed by atoms with E-state index in [0.717, 1.165) is 34.5 Å². The molecule has 1 aliphatic heterocycles. The second kappa shape index (κ2) is 10.9. The van der Waals surface area contributed by atoms with E-state index in [2.05, 4.69) is 20.6 Å². The number of nitrogens with zero attached hydrogens (tertiary/aromatic N) is 2. The second-order valence-corrected chi connectivity index (χ2v) is 8.94. The molecule has 1 saturated heterocycles. The van der Waals surface area contributed by atoms with E-state index in [-0.39, 0.29) is 11.8 Å². The molecule has 0 bridgehead atoms. The largest absolute Gasteiger partial charge is 0.344 e. The van der Waals surface area contributed by atoms with E-state index in [9.17, 15) is 14.4 Å². The Labute approximate surface area is 214 Å². The van der Waals surface area contributed by atoms with Gasteiger partial charge in [0, 0.05) is 29.0 Å². The fourth-order valence-corrected chi connectivity index (χ4v) is 4.68. The number of carbonyl (C=O) groups is 3. The average Bonchev–Trinajstić information content (AvgIpc) is 3.61. The van der Waals surface area contributed by atoms with Crippen LogP contribution >= 0.6 is 0 Å². The third kappa shape index (κ3) is 5.43. The summed E-state index contributed by atoms with van der Waals surface area (Å²) in [7, 11) is 0. The van der Waals surface area contributed by atoms with Crippen LogP contribution in [0.4, 0.5) is 11.4 Å². The van der Waals surface area contributed by atoms with E-state index in [1.54, 1.807) is 11.2 Å². The maximum Gasteiger partial charge on any atom is 0.247 e. The van der Waals surface area contributed by atoms with Crippen LogP contribution in [0.25, 0.3) is 22.5 Å². The Kier molecular flexibility index (Phi) is 7.07. The van der Waals surface area contributed by atoms with Crippen molar-refractivity contribution < 1.29 is 14.4 Å². The lowest BCUT2D eigenvalue weighted by Crippen LogP contribution is -2.43. The van der Waals surface area contributed by atoms with Gasteiger partial charge in [-0.3, -0.25) is 14.4 Å². The predicted octanol–water partition coefficient (Wildman–Crippen LogP) is 4.48. The molecule has 4 aromatic rings. The maximum absolute atomic E-state index is 13.1. The molecule has 0 radical (unpaired) electrons. The fraction of sp³-hybridized carbons (Fsp3) is 0.172. The molecule has 186 valence electrons. The molecule has 3 aromatic carbocycles. The standard InChI is InChI=1S/C29H27N5O3/c35-19-32-23-12-8-21(9-13-23)27-28(31-18-30-27)22-10-14-24(15-11-22)33-29(37)25-7-4-16-34(25)26(36)17-20-5-2-1-3-6-20/h1-3,5-6,8-15,18-19,25H,4,7,16-17H2,(H,30,31)(H,32,35)(H,33,37)/t25-/m0/s1. The van der Waals surface area contributed by atoms with Gasteiger partial charge in [0.1, 0.15) is 6.04 Å². The predicted molar refractivity (Wildman–Crippen MR) is 143 cm³/mol. The first-order valence-corrected chi connectivity index (χ1v) is 12.2. The third-order valence-corrected chi connectivity index (χ3v) is 6.54. The zero-order chi connectivity index (χ0) is 25.6. The monoisotopic (exact) mass is 493 g/mol. The minimum absolute atomic E-state index is 0.0269. The van der Waals surface area contributed by atoms with E-state index >= 15 is 0 Å². The van der Waals surface area contributed by atoms with Crippen molar-refractivity contribution in [2.45, 2.75) is 25.3 Å². The van der Waals surface area contributed by atoms with Crippen LogP contribution in [0.5, 0.6) is 0 Å². The van der Waals surface area contributed by atoms with E-state index < -0.39 is 6.04 Å². The number of H-pyrrole nitrogens is 1. The van der Waals surface area contributed by atoms with Gasteiger partial charge in [0.15, 0.2) is 0 Å². The van der Waals surface area contributed by atoms with Gasteiger partial charge in [0.2, 0.25) is 18.2 Å². The number of aromatic amines is 1. The quantitative estimate of drug-likeness (QED) is 0.315. The zero-order valence-electron chi connectivity index (χ0n) is 20.2. The van der Waals surface area contributed by atoms with Crippen molar-refractivity contribution in [3.05, 3.63) is 90.8 Å². The first-order chi connectivity index (χ1) is 18.1. The number of amides is 3. The molecule has 1 atom stereocenters. The van der Waals surface area contributed by atoms with Crippen LogP contribution in [0.1, 0.15) is 18.4 Å². The van der Waals surface area contributed by atoms with Crippen molar-refractivity contribution in [1.82, 2.24) is 14.9 Å². The van der Waals surface area contributed by atoms with Crippen LogP contribution < -0.4 is 10.6 Å². The molecule has 1 fully saturated rings. The number of benzene rings is 3. The van der Waals surface area contributed by atoms with Gasteiger partial charge in [-0.2, -0.15) is 0 Å². The zero-order valence-corrected chi connectivity index (χ0v) is 20.2. The number of hydrogen-bond acceptors (Lipinski definition) is 4. The summed E-state index contributed by atoms with van der Waals surface area (Å²) in [4.78, 5) is 45.9. The van der Waals surface area contributed by atoms with Crippen molar-refractivity contribution in [3.63, 3.8) is 0 Å². The van der Waals surface area contributed by atoms with Crippen molar-refractivity contribution >= 4 is 29.6 Å². The van der Waals surface area contributed by atoms with Gasteiger partial charge >= 0.3 is 0 Å². The number of rotatable bonds is 8.